The summed E-state index contributed by atoms with van der Waals surface area (Å²) in [6.45, 7) is 9.77. The second kappa shape index (κ2) is 9.08. The van der Waals surface area contributed by atoms with Gasteiger partial charge in [-0.15, -0.1) is 6.58 Å². The van der Waals surface area contributed by atoms with E-state index in [2.05, 4.69) is 11.9 Å². The van der Waals surface area contributed by atoms with Crippen molar-refractivity contribution >= 4 is 18.0 Å². The molecule has 1 aromatic carbocycles. The van der Waals surface area contributed by atoms with Gasteiger partial charge in [0, 0.05) is 30.2 Å². The van der Waals surface area contributed by atoms with Crippen LogP contribution in [0.1, 0.15) is 31.9 Å². The maximum Gasteiger partial charge on any atom is 0.331 e. The first-order valence-corrected chi connectivity index (χ1v) is 8.68. The van der Waals surface area contributed by atoms with Crippen LogP contribution in [0.5, 0.6) is 11.5 Å². The zero-order valence-electron chi connectivity index (χ0n) is 15.4. The molecule has 6 heteroatoms. The summed E-state index contributed by atoms with van der Waals surface area (Å²) in [6, 6.07) is 3.80. The standard InChI is InChI=1S/C20H25NO5/c1-5-9-21-20(23)14(4)26-19(22)8-7-15-11-18-16(10-13(3)25-18)12-17(15)24-6-2/h5,7-8,11-14H,1,6,9-10H2,2-4H3,(H,21,23)/b8-7+/t13-,14-/m0/s1. The van der Waals surface area contributed by atoms with Gasteiger partial charge in [0.2, 0.25) is 0 Å². The molecule has 2 rings (SSSR count). The average molecular weight is 359 g/mol. The lowest BCUT2D eigenvalue weighted by Gasteiger charge is -2.12. The molecule has 0 aliphatic carbocycles. The summed E-state index contributed by atoms with van der Waals surface area (Å²) >= 11 is 0. The number of hydrogen-bond donors (Lipinski definition) is 1. The highest BCUT2D eigenvalue weighted by Crippen LogP contribution is 2.35. The van der Waals surface area contributed by atoms with Gasteiger partial charge in [0.05, 0.1) is 6.61 Å². The van der Waals surface area contributed by atoms with Crippen molar-refractivity contribution in [2.24, 2.45) is 0 Å². The van der Waals surface area contributed by atoms with Crippen molar-refractivity contribution in [3.63, 3.8) is 0 Å². The minimum Gasteiger partial charge on any atom is -0.493 e. The van der Waals surface area contributed by atoms with E-state index in [4.69, 9.17) is 14.2 Å². The van der Waals surface area contributed by atoms with Gasteiger partial charge in [0.1, 0.15) is 17.6 Å². The van der Waals surface area contributed by atoms with Crippen LogP contribution in [0.3, 0.4) is 0 Å². The predicted molar refractivity (Wildman–Crippen MR) is 99.2 cm³/mol. The first kappa shape index (κ1) is 19.6. The van der Waals surface area contributed by atoms with Crippen LogP contribution < -0.4 is 14.8 Å². The summed E-state index contributed by atoms with van der Waals surface area (Å²) in [5.74, 6) is 0.501. The molecule has 1 heterocycles. The summed E-state index contributed by atoms with van der Waals surface area (Å²) in [7, 11) is 0. The van der Waals surface area contributed by atoms with E-state index >= 15 is 0 Å². The second-order valence-corrected chi connectivity index (χ2v) is 6.01. The number of nitrogens with one attached hydrogen (secondary N) is 1. The summed E-state index contributed by atoms with van der Waals surface area (Å²) in [4.78, 5) is 23.7. The van der Waals surface area contributed by atoms with E-state index in [-0.39, 0.29) is 12.0 Å². The van der Waals surface area contributed by atoms with Gasteiger partial charge in [-0.25, -0.2) is 4.79 Å². The molecule has 0 saturated carbocycles. The Hall–Kier alpha value is -2.76. The van der Waals surface area contributed by atoms with E-state index in [1.807, 2.05) is 26.0 Å². The third-order valence-corrected chi connectivity index (χ3v) is 3.81. The van der Waals surface area contributed by atoms with Crippen molar-refractivity contribution in [1.82, 2.24) is 5.32 Å². The molecule has 0 spiro atoms. The molecule has 0 bridgehead atoms. The molecule has 0 aromatic heterocycles. The summed E-state index contributed by atoms with van der Waals surface area (Å²) in [5, 5.41) is 2.57. The van der Waals surface area contributed by atoms with E-state index in [0.717, 1.165) is 23.3 Å². The lowest BCUT2D eigenvalue weighted by molar-refractivity contribution is -0.150. The van der Waals surface area contributed by atoms with E-state index in [1.165, 1.54) is 13.0 Å². The van der Waals surface area contributed by atoms with Crippen LogP contribution in [0.25, 0.3) is 6.08 Å². The third-order valence-electron chi connectivity index (χ3n) is 3.81. The van der Waals surface area contributed by atoms with Gasteiger partial charge in [0.25, 0.3) is 5.91 Å². The Morgan fingerprint density at radius 3 is 2.92 bits per heavy atom. The quantitative estimate of drug-likeness (QED) is 0.439. The molecule has 1 amide bonds. The Labute approximate surface area is 153 Å². The third kappa shape index (κ3) is 5.12. The van der Waals surface area contributed by atoms with Crippen molar-refractivity contribution in [1.29, 1.82) is 0 Å². The first-order valence-electron chi connectivity index (χ1n) is 8.68. The molecule has 1 aromatic rings. The number of hydrogen-bond acceptors (Lipinski definition) is 5. The fraction of sp³-hybridized carbons (Fsp3) is 0.400. The predicted octanol–water partition coefficient (Wildman–Crippen LogP) is 2.66. The summed E-state index contributed by atoms with van der Waals surface area (Å²) in [6.07, 6.45) is 4.51. The van der Waals surface area contributed by atoms with E-state index in [0.29, 0.717) is 18.9 Å². The number of carbonyl (C=O) groups is 2. The summed E-state index contributed by atoms with van der Waals surface area (Å²) < 4.78 is 16.5. The number of esters is 1. The van der Waals surface area contributed by atoms with Crippen LogP contribution in [0, 0.1) is 0 Å². The number of ether oxygens (including phenoxy) is 3. The monoisotopic (exact) mass is 359 g/mol. The largest absolute Gasteiger partial charge is 0.493 e. The fourth-order valence-corrected chi connectivity index (χ4v) is 2.61. The lowest BCUT2D eigenvalue weighted by atomic mass is 10.1. The van der Waals surface area contributed by atoms with E-state index < -0.39 is 12.1 Å². The van der Waals surface area contributed by atoms with Gasteiger partial charge < -0.3 is 19.5 Å². The van der Waals surface area contributed by atoms with Gasteiger partial charge in [-0.2, -0.15) is 0 Å². The van der Waals surface area contributed by atoms with Crippen LogP contribution >= 0.6 is 0 Å². The molecule has 26 heavy (non-hydrogen) atoms. The highest BCUT2D eigenvalue weighted by atomic mass is 16.5. The summed E-state index contributed by atoms with van der Waals surface area (Å²) in [5.41, 5.74) is 1.81. The highest BCUT2D eigenvalue weighted by Gasteiger charge is 2.21. The van der Waals surface area contributed by atoms with Gasteiger partial charge in [-0.3, -0.25) is 4.79 Å². The maximum atomic E-state index is 12.0. The smallest absolute Gasteiger partial charge is 0.331 e. The van der Waals surface area contributed by atoms with E-state index in [9.17, 15) is 9.59 Å². The number of amides is 1. The number of fused-ring (bicyclic) bond motifs is 1. The second-order valence-electron chi connectivity index (χ2n) is 6.01. The minimum absolute atomic E-state index is 0.124. The highest BCUT2D eigenvalue weighted by molar-refractivity contribution is 5.90. The molecule has 1 aliphatic rings. The van der Waals surface area contributed by atoms with Crippen molar-refractivity contribution in [2.75, 3.05) is 13.2 Å². The Kier molecular flexibility index (Phi) is 6.83. The molecule has 0 saturated heterocycles. The van der Waals surface area contributed by atoms with E-state index in [1.54, 1.807) is 12.2 Å². The molecule has 0 unspecified atom stereocenters. The Morgan fingerprint density at radius 1 is 1.46 bits per heavy atom. The number of carbonyl (C=O) groups excluding carboxylic acids is 2. The van der Waals surface area contributed by atoms with Crippen molar-refractivity contribution in [3.05, 3.63) is 42.0 Å². The van der Waals surface area contributed by atoms with Crippen LogP contribution in [0.4, 0.5) is 0 Å². The molecular weight excluding hydrogens is 334 g/mol. The SMILES string of the molecule is C=CCNC(=O)[C@H](C)OC(=O)/C=C/c1cc2c(cc1OCC)C[C@H](C)O2. The Bertz CT molecular complexity index is 710. The normalized spacial score (nSPS) is 16.5. The fourth-order valence-electron chi connectivity index (χ4n) is 2.61. The Balaban J connectivity index is 2.06. The zero-order valence-corrected chi connectivity index (χ0v) is 15.4. The van der Waals surface area contributed by atoms with Crippen LogP contribution in [0.2, 0.25) is 0 Å². The average Bonchev–Trinajstić information content (AvgIpc) is 2.96. The lowest BCUT2D eigenvalue weighted by Crippen LogP contribution is -2.35. The first-order chi connectivity index (χ1) is 12.4. The molecule has 140 valence electrons. The molecule has 0 fully saturated rings. The van der Waals surface area contributed by atoms with Gasteiger partial charge in [-0.1, -0.05) is 6.08 Å². The number of benzene rings is 1. The van der Waals surface area contributed by atoms with Crippen LogP contribution in [-0.4, -0.2) is 37.2 Å². The zero-order chi connectivity index (χ0) is 19.1. The van der Waals surface area contributed by atoms with Crippen LogP contribution in [-0.2, 0) is 20.7 Å². The minimum atomic E-state index is -0.886. The van der Waals surface area contributed by atoms with Gasteiger partial charge in [0.15, 0.2) is 6.10 Å². The molecule has 1 aliphatic heterocycles. The molecule has 0 radical (unpaired) electrons. The van der Waals surface area contributed by atoms with Crippen LogP contribution in [0.15, 0.2) is 30.9 Å². The Morgan fingerprint density at radius 2 is 2.23 bits per heavy atom. The molecule has 6 nitrogen and oxygen atoms in total. The molecule has 2 atom stereocenters. The van der Waals surface area contributed by atoms with Gasteiger partial charge in [-0.05, 0) is 39.0 Å². The number of rotatable bonds is 8. The van der Waals surface area contributed by atoms with Crippen molar-refractivity contribution in [2.45, 2.75) is 39.4 Å². The maximum absolute atomic E-state index is 12.0. The van der Waals surface area contributed by atoms with Crippen molar-refractivity contribution < 1.29 is 23.8 Å². The van der Waals surface area contributed by atoms with Crippen molar-refractivity contribution in [3.8, 4) is 11.5 Å². The topological polar surface area (TPSA) is 73.9 Å². The molecular formula is C20H25NO5. The van der Waals surface area contributed by atoms with Gasteiger partial charge >= 0.3 is 5.97 Å². The molecule has 1 N–H and O–H groups in total.